The van der Waals surface area contributed by atoms with Gasteiger partial charge in [0.25, 0.3) is 0 Å². The van der Waals surface area contributed by atoms with Crippen LogP contribution in [0.5, 0.6) is 0 Å². The summed E-state index contributed by atoms with van der Waals surface area (Å²) in [5.74, 6) is -0.711. The van der Waals surface area contributed by atoms with Crippen LogP contribution in [0.1, 0.15) is 47.0 Å². The van der Waals surface area contributed by atoms with Crippen molar-refractivity contribution in [1.82, 2.24) is 4.90 Å². The van der Waals surface area contributed by atoms with Gasteiger partial charge in [-0.05, 0) is 46.0 Å². The fourth-order valence-corrected chi connectivity index (χ4v) is 2.57. The minimum Gasteiger partial charge on any atom is -0.481 e. The van der Waals surface area contributed by atoms with Crippen LogP contribution in [-0.2, 0) is 9.59 Å². The fourth-order valence-electron chi connectivity index (χ4n) is 2.57. The van der Waals surface area contributed by atoms with E-state index in [9.17, 15) is 14.7 Å². The van der Waals surface area contributed by atoms with E-state index >= 15 is 0 Å². The smallest absolute Gasteiger partial charge is 0.309 e. The van der Waals surface area contributed by atoms with Crippen LogP contribution in [0, 0.1) is 11.3 Å². The summed E-state index contributed by atoms with van der Waals surface area (Å²) in [6, 6.07) is 0. The van der Waals surface area contributed by atoms with Crippen LogP contribution in [0.4, 0.5) is 0 Å². The third-order valence-electron chi connectivity index (χ3n) is 4.13. The summed E-state index contributed by atoms with van der Waals surface area (Å²) in [6.45, 7) is 8.62. The van der Waals surface area contributed by atoms with Crippen molar-refractivity contribution < 1.29 is 14.7 Å². The number of hydrogen-bond acceptors (Lipinski definition) is 2. The monoisotopic (exact) mass is 267 g/mol. The lowest BCUT2D eigenvalue weighted by Gasteiger charge is -2.39. The number of carboxylic acids is 1. The molecular weight excluding hydrogens is 242 g/mol. The van der Waals surface area contributed by atoms with Gasteiger partial charge < -0.3 is 10.0 Å². The minimum absolute atomic E-state index is 0.0251. The molecule has 1 aliphatic heterocycles. The Morgan fingerprint density at radius 3 is 2.58 bits per heavy atom. The van der Waals surface area contributed by atoms with Crippen molar-refractivity contribution >= 4 is 11.9 Å². The van der Waals surface area contributed by atoms with Crippen LogP contribution in [0.25, 0.3) is 0 Å². The fraction of sp³-hybridized carbons (Fsp3) is 0.733. The van der Waals surface area contributed by atoms with Crippen molar-refractivity contribution in [1.29, 1.82) is 0 Å². The molecule has 0 aromatic rings. The first-order chi connectivity index (χ1) is 8.80. The van der Waals surface area contributed by atoms with Crippen LogP contribution >= 0.6 is 0 Å². The largest absolute Gasteiger partial charge is 0.481 e. The zero-order valence-electron chi connectivity index (χ0n) is 12.4. The molecule has 108 valence electrons. The van der Waals surface area contributed by atoms with Crippen LogP contribution in [-0.4, -0.2) is 35.0 Å². The number of aliphatic carboxylic acids is 1. The van der Waals surface area contributed by atoms with Crippen molar-refractivity contribution in [3.63, 3.8) is 0 Å². The molecule has 0 saturated carbocycles. The van der Waals surface area contributed by atoms with Gasteiger partial charge in [0, 0.05) is 18.7 Å². The Morgan fingerprint density at radius 1 is 1.42 bits per heavy atom. The second kappa shape index (κ2) is 6.22. The Kier molecular flexibility index (Phi) is 5.15. The van der Waals surface area contributed by atoms with E-state index < -0.39 is 11.4 Å². The van der Waals surface area contributed by atoms with Crippen molar-refractivity contribution in [2.45, 2.75) is 47.0 Å². The predicted molar refractivity (Wildman–Crippen MR) is 74.8 cm³/mol. The van der Waals surface area contributed by atoms with E-state index in [-0.39, 0.29) is 11.8 Å². The van der Waals surface area contributed by atoms with Gasteiger partial charge in [0.1, 0.15) is 0 Å². The first-order valence-electron chi connectivity index (χ1n) is 7.00. The lowest BCUT2D eigenvalue weighted by molar-refractivity contribution is -0.152. The molecule has 0 radical (unpaired) electrons. The quantitative estimate of drug-likeness (QED) is 0.797. The van der Waals surface area contributed by atoms with Crippen LogP contribution in [0.3, 0.4) is 0 Å². The third kappa shape index (κ3) is 3.58. The Hall–Kier alpha value is -1.32. The number of nitrogens with zero attached hydrogens (tertiary/aromatic N) is 1. The van der Waals surface area contributed by atoms with Crippen molar-refractivity contribution in [3.05, 3.63) is 11.6 Å². The first-order valence-corrected chi connectivity index (χ1v) is 7.00. The maximum absolute atomic E-state index is 12.2. The number of likely N-dealkylation sites (tertiary alicyclic amines) is 1. The molecule has 1 rings (SSSR count). The van der Waals surface area contributed by atoms with E-state index in [1.54, 1.807) is 18.7 Å². The normalized spacial score (nSPS) is 21.4. The van der Waals surface area contributed by atoms with E-state index in [4.69, 9.17) is 0 Å². The maximum Gasteiger partial charge on any atom is 0.309 e. The van der Waals surface area contributed by atoms with Gasteiger partial charge in [0.2, 0.25) is 5.91 Å². The number of rotatable bonds is 4. The molecule has 4 heteroatoms. The second-order valence-corrected chi connectivity index (χ2v) is 5.91. The summed E-state index contributed by atoms with van der Waals surface area (Å²) >= 11 is 0. The lowest BCUT2D eigenvalue weighted by atomic mass is 9.74. The highest BCUT2D eigenvalue weighted by Crippen LogP contribution is 2.34. The summed E-state index contributed by atoms with van der Waals surface area (Å²) in [4.78, 5) is 25.4. The summed E-state index contributed by atoms with van der Waals surface area (Å²) in [5, 5.41) is 9.30. The van der Waals surface area contributed by atoms with E-state index in [2.05, 4.69) is 0 Å². The highest BCUT2D eigenvalue weighted by atomic mass is 16.4. The highest BCUT2D eigenvalue weighted by molar-refractivity contribution is 5.92. The molecule has 1 unspecified atom stereocenters. The number of carboxylic acid groups (broad SMARTS) is 1. The first kappa shape index (κ1) is 15.7. The van der Waals surface area contributed by atoms with Crippen molar-refractivity contribution in [2.75, 3.05) is 13.1 Å². The molecule has 1 saturated heterocycles. The Bertz CT molecular complexity index is 385. The molecule has 0 spiro atoms. The standard InChI is InChI=1S/C15H25NO3/c1-5-7-11(2)13(17)16-9-6-8-12(10-16)15(3,4)14(18)19/h7,12H,5-6,8-10H2,1-4H3,(H,18,19)/b11-7-. The number of hydrogen-bond donors (Lipinski definition) is 1. The van der Waals surface area contributed by atoms with Gasteiger partial charge in [0.15, 0.2) is 0 Å². The van der Waals surface area contributed by atoms with E-state index in [1.165, 1.54) is 0 Å². The highest BCUT2D eigenvalue weighted by Gasteiger charge is 2.40. The van der Waals surface area contributed by atoms with Gasteiger partial charge in [-0.1, -0.05) is 13.0 Å². The molecule has 1 fully saturated rings. The average Bonchev–Trinajstić information content (AvgIpc) is 2.38. The Labute approximate surface area is 115 Å². The zero-order valence-corrected chi connectivity index (χ0v) is 12.4. The molecule has 1 heterocycles. The van der Waals surface area contributed by atoms with Gasteiger partial charge in [-0.2, -0.15) is 0 Å². The molecular formula is C15H25NO3. The van der Waals surface area contributed by atoms with Crippen LogP contribution in [0.15, 0.2) is 11.6 Å². The molecule has 19 heavy (non-hydrogen) atoms. The second-order valence-electron chi connectivity index (χ2n) is 5.91. The van der Waals surface area contributed by atoms with Crippen LogP contribution in [0.2, 0.25) is 0 Å². The topological polar surface area (TPSA) is 57.6 Å². The molecule has 0 aliphatic carbocycles. The summed E-state index contributed by atoms with van der Waals surface area (Å²) in [6.07, 6.45) is 4.52. The Balaban J connectivity index is 2.78. The van der Waals surface area contributed by atoms with Crippen LogP contribution < -0.4 is 0 Å². The third-order valence-corrected chi connectivity index (χ3v) is 4.13. The van der Waals surface area contributed by atoms with Gasteiger partial charge in [-0.25, -0.2) is 0 Å². The molecule has 1 aliphatic rings. The summed E-state index contributed by atoms with van der Waals surface area (Å²) in [5.41, 5.74) is -0.0160. The number of piperidine rings is 1. The number of carbonyl (C=O) groups is 2. The van der Waals surface area contributed by atoms with Crippen molar-refractivity contribution in [3.8, 4) is 0 Å². The SMILES string of the molecule is CC/C=C(/C)C(=O)N1CCCC(C(C)(C)C(=O)O)C1. The number of carbonyl (C=O) groups excluding carboxylic acids is 1. The van der Waals surface area contributed by atoms with Gasteiger partial charge in [-0.3, -0.25) is 9.59 Å². The summed E-state index contributed by atoms with van der Waals surface area (Å²) in [7, 11) is 0. The van der Waals surface area contributed by atoms with E-state index in [0.29, 0.717) is 6.54 Å². The minimum atomic E-state index is -0.785. The molecule has 0 aromatic carbocycles. The molecule has 1 atom stereocenters. The van der Waals surface area contributed by atoms with Gasteiger partial charge in [-0.15, -0.1) is 0 Å². The average molecular weight is 267 g/mol. The Morgan fingerprint density at radius 2 is 2.05 bits per heavy atom. The van der Waals surface area contributed by atoms with E-state index in [1.807, 2.05) is 19.9 Å². The molecule has 1 amide bonds. The molecule has 1 N–H and O–H groups in total. The molecule has 0 bridgehead atoms. The van der Waals surface area contributed by atoms with Gasteiger partial charge in [0.05, 0.1) is 5.41 Å². The zero-order chi connectivity index (χ0) is 14.6. The summed E-state index contributed by atoms with van der Waals surface area (Å²) < 4.78 is 0. The van der Waals surface area contributed by atoms with E-state index in [0.717, 1.165) is 31.4 Å². The number of allylic oxidation sites excluding steroid dienone is 1. The predicted octanol–water partition coefficient (Wildman–Crippen LogP) is 2.69. The number of amides is 1. The van der Waals surface area contributed by atoms with Gasteiger partial charge >= 0.3 is 5.97 Å². The maximum atomic E-state index is 12.2. The van der Waals surface area contributed by atoms with Crippen molar-refractivity contribution in [2.24, 2.45) is 11.3 Å². The molecule has 0 aromatic heterocycles. The lowest BCUT2D eigenvalue weighted by Crippen LogP contribution is -2.47. The molecule has 4 nitrogen and oxygen atoms in total.